The monoisotopic (exact) mass is 366 g/mol. The molecule has 0 bridgehead atoms. The molecule has 6 heteroatoms. The first-order valence-electron chi connectivity index (χ1n) is 7.94. The lowest BCUT2D eigenvalue weighted by Crippen LogP contribution is -2.36. The number of ether oxygens (including phenoxy) is 1. The topological polar surface area (TPSA) is 50.4 Å². The highest BCUT2D eigenvalue weighted by Gasteiger charge is 2.17. The summed E-state index contributed by atoms with van der Waals surface area (Å²) in [5, 5.41) is 6.43. The van der Waals surface area contributed by atoms with Crippen molar-refractivity contribution in [2.24, 2.45) is 0 Å². The Labute approximate surface area is 153 Å². The third-order valence-corrected chi connectivity index (χ3v) is 5.26. The first-order chi connectivity index (χ1) is 11.2. The Hall–Kier alpha value is -1.56. The lowest BCUT2D eigenvalue weighted by Gasteiger charge is -2.10. The number of benzene rings is 1. The minimum atomic E-state index is 0. The molecule has 0 aliphatic carbocycles. The van der Waals surface area contributed by atoms with Gasteiger partial charge in [0.15, 0.2) is 0 Å². The Balaban J connectivity index is 0.00000208. The normalized spacial score (nSPS) is 16.5. The molecular weight excluding hydrogens is 344 g/mol. The Morgan fingerprint density at radius 2 is 2.12 bits per heavy atom. The van der Waals surface area contributed by atoms with E-state index in [0.717, 1.165) is 39.6 Å². The van der Waals surface area contributed by atoms with Gasteiger partial charge in [-0.3, -0.25) is 4.79 Å². The van der Waals surface area contributed by atoms with Gasteiger partial charge in [-0.1, -0.05) is 12.1 Å². The first kappa shape index (κ1) is 18.8. The molecule has 1 atom stereocenters. The summed E-state index contributed by atoms with van der Waals surface area (Å²) < 4.78 is 5.19. The second kappa shape index (κ2) is 8.51. The number of nitrogens with one attached hydrogen (secondary N) is 2. The van der Waals surface area contributed by atoms with Crippen molar-refractivity contribution in [3.05, 3.63) is 40.1 Å². The van der Waals surface area contributed by atoms with Crippen molar-refractivity contribution in [2.45, 2.75) is 25.8 Å². The van der Waals surface area contributed by atoms with Crippen molar-refractivity contribution in [1.82, 2.24) is 10.6 Å². The van der Waals surface area contributed by atoms with Crippen molar-refractivity contribution in [3.63, 3.8) is 0 Å². The third kappa shape index (κ3) is 4.29. The quantitative estimate of drug-likeness (QED) is 0.849. The zero-order valence-corrected chi connectivity index (χ0v) is 15.6. The Kier molecular flexibility index (Phi) is 6.66. The van der Waals surface area contributed by atoms with E-state index in [-0.39, 0.29) is 18.3 Å². The molecule has 1 aliphatic heterocycles. The molecule has 2 heterocycles. The van der Waals surface area contributed by atoms with E-state index in [1.54, 1.807) is 18.4 Å². The van der Waals surface area contributed by atoms with Crippen molar-refractivity contribution in [1.29, 1.82) is 0 Å². The van der Waals surface area contributed by atoms with Crippen LogP contribution in [0.1, 0.15) is 27.4 Å². The van der Waals surface area contributed by atoms with Gasteiger partial charge in [-0.05, 0) is 55.6 Å². The second-order valence-corrected chi connectivity index (χ2v) is 7.07. The Morgan fingerprint density at radius 1 is 1.38 bits per heavy atom. The molecule has 2 N–H and O–H groups in total. The van der Waals surface area contributed by atoms with Crippen LogP contribution in [0.15, 0.2) is 30.3 Å². The molecule has 4 nitrogen and oxygen atoms in total. The highest BCUT2D eigenvalue weighted by atomic mass is 35.5. The van der Waals surface area contributed by atoms with Gasteiger partial charge >= 0.3 is 0 Å². The van der Waals surface area contributed by atoms with Crippen LogP contribution >= 0.6 is 23.7 Å². The number of hydrogen-bond acceptors (Lipinski definition) is 4. The maximum absolute atomic E-state index is 12.4. The highest BCUT2D eigenvalue weighted by molar-refractivity contribution is 7.14. The molecule has 1 saturated heterocycles. The van der Waals surface area contributed by atoms with Crippen LogP contribution in [0.2, 0.25) is 0 Å². The maximum atomic E-state index is 12.4. The summed E-state index contributed by atoms with van der Waals surface area (Å²) in [6.07, 6.45) is 2.33. The fraction of sp³-hybridized carbons (Fsp3) is 0.389. The highest BCUT2D eigenvalue weighted by Crippen LogP contribution is 2.32. The largest absolute Gasteiger partial charge is 0.497 e. The minimum absolute atomic E-state index is 0. The van der Waals surface area contributed by atoms with Gasteiger partial charge in [0.05, 0.1) is 12.0 Å². The smallest absolute Gasteiger partial charge is 0.261 e. The zero-order chi connectivity index (χ0) is 16.2. The van der Waals surface area contributed by atoms with Crippen molar-refractivity contribution in [2.75, 3.05) is 20.2 Å². The number of thiophene rings is 1. The number of amides is 1. The molecule has 3 rings (SSSR count). The Bertz CT molecular complexity index is 679. The molecule has 24 heavy (non-hydrogen) atoms. The summed E-state index contributed by atoms with van der Waals surface area (Å²) in [4.78, 5) is 14.3. The number of carbonyl (C=O) groups excluding carboxylic acids is 1. The lowest BCUT2D eigenvalue weighted by molar-refractivity contribution is 0.0954. The number of halogens is 1. The van der Waals surface area contributed by atoms with E-state index in [4.69, 9.17) is 4.74 Å². The third-order valence-electron chi connectivity index (χ3n) is 4.21. The summed E-state index contributed by atoms with van der Waals surface area (Å²) >= 11 is 1.55. The van der Waals surface area contributed by atoms with Gasteiger partial charge in [-0.2, -0.15) is 0 Å². The van der Waals surface area contributed by atoms with Gasteiger partial charge < -0.3 is 15.4 Å². The van der Waals surface area contributed by atoms with Gasteiger partial charge in [0.25, 0.3) is 5.91 Å². The summed E-state index contributed by atoms with van der Waals surface area (Å²) in [5.74, 6) is 0.857. The van der Waals surface area contributed by atoms with Crippen LogP contribution in [-0.2, 0) is 0 Å². The number of methoxy groups -OCH3 is 1. The van der Waals surface area contributed by atoms with Crippen molar-refractivity contribution in [3.8, 4) is 16.9 Å². The standard InChI is InChI=1S/C18H22N2O2S.ClH/c1-12-16(13-5-7-15(22-2)8-6-13)10-17(23-12)18(21)20-11-14-4-3-9-19-14;/h5-8,10,14,19H,3-4,9,11H2,1-2H3,(H,20,21);1H. The Morgan fingerprint density at radius 3 is 2.75 bits per heavy atom. The zero-order valence-electron chi connectivity index (χ0n) is 13.9. The molecule has 1 unspecified atom stereocenters. The van der Waals surface area contributed by atoms with E-state index in [1.807, 2.05) is 30.3 Å². The van der Waals surface area contributed by atoms with Gasteiger partial charge in [0.2, 0.25) is 0 Å². The molecular formula is C18H23ClN2O2S. The fourth-order valence-electron chi connectivity index (χ4n) is 2.89. The average Bonchev–Trinajstić information content (AvgIpc) is 3.22. The van der Waals surface area contributed by atoms with Crippen LogP contribution in [0.3, 0.4) is 0 Å². The molecule has 2 aromatic rings. The minimum Gasteiger partial charge on any atom is -0.497 e. The van der Waals surface area contributed by atoms with Gasteiger partial charge in [0, 0.05) is 17.5 Å². The molecule has 1 aromatic heterocycles. The maximum Gasteiger partial charge on any atom is 0.261 e. The number of aryl methyl sites for hydroxylation is 1. The number of rotatable bonds is 5. The SMILES string of the molecule is COc1ccc(-c2cc(C(=O)NCC3CCCN3)sc2C)cc1.Cl. The average molecular weight is 367 g/mol. The van der Waals surface area contributed by atoms with E-state index in [2.05, 4.69) is 17.6 Å². The predicted molar refractivity (Wildman–Crippen MR) is 102 cm³/mol. The molecule has 1 aromatic carbocycles. The van der Waals surface area contributed by atoms with E-state index >= 15 is 0 Å². The molecule has 1 aliphatic rings. The van der Waals surface area contributed by atoms with Gasteiger partial charge in [-0.15, -0.1) is 23.7 Å². The molecule has 130 valence electrons. The van der Waals surface area contributed by atoms with E-state index in [0.29, 0.717) is 12.6 Å². The van der Waals surface area contributed by atoms with E-state index in [9.17, 15) is 4.79 Å². The molecule has 0 radical (unpaired) electrons. The van der Waals surface area contributed by atoms with Crippen LogP contribution < -0.4 is 15.4 Å². The van der Waals surface area contributed by atoms with Crippen molar-refractivity contribution >= 4 is 29.7 Å². The molecule has 0 saturated carbocycles. The van der Waals surface area contributed by atoms with E-state index < -0.39 is 0 Å². The van der Waals surface area contributed by atoms with Crippen LogP contribution in [0.4, 0.5) is 0 Å². The predicted octanol–water partition coefficient (Wildman–Crippen LogP) is 3.64. The second-order valence-electron chi connectivity index (χ2n) is 5.81. The van der Waals surface area contributed by atoms with Crippen LogP contribution in [0.25, 0.3) is 11.1 Å². The summed E-state index contributed by atoms with van der Waals surface area (Å²) in [6.45, 7) is 3.81. The first-order valence-corrected chi connectivity index (χ1v) is 8.75. The van der Waals surface area contributed by atoms with Gasteiger partial charge in [-0.25, -0.2) is 0 Å². The van der Waals surface area contributed by atoms with Crippen LogP contribution in [-0.4, -0.2) is 32.1 Å². The summed E-state index contributed by atoms with van der Waals surface area (Å²) in [5.41, 5.74) is 2.22. The van der Waals surface area contributed by atoms with Crippen molar-refractivity contribution < 1.29 is 9.53 Å². The number of carbonyl (C=O) groups is 1. The van der Waals surface area contributed by atoms with Gasteiger partial charge in [0.1, 0.15) is 5.75 Å². The summed E-state index contributed by atoms with van der Waals surface area (Å²) in [6, 6.07) is 10.3. The van der Waals surface area contributed by atoms with Crippen LogP contribution in [0, 0.1) is 6.92 Å². The van der Waals surface area contributed by atoms with E-state index in [1.165, 1.54) is 6.42 Å². The number of hydrogen-bond donors (Lipinski definition) is 2. The van der Waals surface area contributed by atoms with Crippen LogP contribution in [0.5, 0.6) is 5.75 Å². The molecule has 1 fully saturated rings. The fourth-order valence-corrected chi connectivity index (χ4v) is 3.84. The molecule has 1 amide bonds. The lowest BCUT2D eigenvalue weighted by atomic mass is 10.1. The molecule has 0 spiro atoms. The summed E-state index contributed by atoms with van der Waals surface area (Å²) in [7, 11) is 1.66.